The molecule has 1 aromatic heterocycles. The molecule has 0 aliphatic carbocycles. The summed E-state index contributed by atoms with van der Waals surface area (Å²) in [5, 5.41) is 14.3. The predicted molar refractivity (Wildman–Crippen MR) is 57.9 cm³/mol. The van der Waals surface area contributed by atoms with Crippen molar-refractivity contribution in [2.24, 2.45) is 0 Å². The average molecular weight is 203 g/mol. The maximum Gasteiger partial charge on any atom is 0.311 e. The van der Waals surface area contributed by atoms with Gasteiger partial charge in [0.05, 0.1) is 10.4 Å². The average Bonchev–Trinajstić information content (AvgIpc) is 2.27. The fraction of sp³-hybridized carbons (Fsp3) is 0.100. The zero-order valence-electron chi connectivity index (χ0n) is 8.10. The minimum Gasteiger partial charge on any atom is -0.382 e. The van der Waals surface area contributed by atoms with Crippen molar-refractivity contribution < 1.29 is 4.92 Å². The summed E-state index contributed by atoms with van der Waals surface area (Å²) in [6.45, 7) is 0. The lowest BCUT2D eigenvalue weighted by molar-refractivity contribution is -0.384. The van der Waals surface area contributed by atoms with Gasteiger partial charge in [-0.25, -0.2) is 4.98 Å². The third kappa shape index (κ3) is 1.48. The van der Waals surface area contributed by atoms with Gasteiger partial charge in [-0.15, -0.1) is 0 Å². The van der Waals surface area contributed by atoms with Crippen molar-refractivity contribution in [3.05, 3.63) is 40.6 Å². The normalized spacial score (nSPS) is 10.2. The fourth-order valence-corrected chi connectivity index (χ4v) is 1.53. The molecule has 0 atom stereocenters. The summed E-state index contributed by atoms with van der Waals surface area (Å²) in [6, 6.07) is 7.30. The van der Waals surface area contributed by atoms with E-state index in [0.29, 0.717) is 5.69 Å². The highest BCUT2D eigenvalue weighted by Gasteiger charge is 2.15. The molecule has 5 nitrogen and oxygen atoms in total. The number of hydrogen-bond donors (Lipinski definition) is 1. The number of aromatic nitrogens is 1. The van der Waals surface area contributed by atoms with Crippen LogP contribution in [0, 0.1) is 10.1 Å². The Labute approximate surface area is 85.9 Å². The monoisotopic (exact) mass is 203 g/mol. The van der Waals surface area contributed by atoms with Crippen molar-refractivity contribution in [1.29, 1.82) is 0 Å². The van der Waals surface area contributed by atoms with E-state index in [9.17, 15) is 10.1 Å². The van der Waals surface area contributed by atoms with E-state index >= 15 is 0 Å². The highest BCUT2D eigenvalue weighted by atomic mass is 16.6. The summed E-state index contributed by atoms with van der Waals surface area (Å²) in [5.74, 6) is 0. The van der Waals surface area contributed by atoms with Gasteiger partial charge in [-0.2, -0.15) is 0 Å². The van der Waals surface area contributed by atoms with Crippen LogP contribution in [0.15, 0.2) is 30.5 Å². The van der Waals surface area contributed by atoms with Gasteiger partial charge >= 0.3 is 5.69 Å². The smallest absolute Gasteiger partial charge is 0.311 e. The molecule has 0 fully saturated rings. The number of fused-ring (bicyclic) bond motifs is 1. The molecule has 0 saturated heterocycles. The van der Waals surface area contributed by atoms with E-state index in [2.05, 4.69) is 10.3 Å². The van der Waals surface area contributed by atoms with Crippen molar-refractivity contribution in [2.75, 3.05) is 12.4 Å². The Morgan fingerprint density at radius 3 is 2.80 bits per heavy atom. The topological polar surface area (TPSA) is 68.1 Å². The summed E-state index contributed by atoms with van der Waals surface area (Å²) in [4.78, 5) is 14.3. The van der Waals surface area contributed by atoms with Crippen LogP contribution in [-0.4, -0.2) is 17.0 Å². The second kappa shape index (κ2) is 3.53. The van der Waals surface area contributed by atoms with Gasteiger partial charge in [-0.1, -0.05) is 18.2 Å². The van der Waals surface area contributed by atoms with Crippen LogP contribution in [0.4, 0.5) is 11.4 Å². The molecule has 2 rings (SSSR count). The lowest BCUT2D eigenvalue weighted by Gasteiger charge is -2.05. The molecule has 1 N–H and O–H groups in total. The first-order chi connectivity index (χ1) is 7.24. The number of benzene rings is 1. The molecular weight excluding hydrogens is 194 g/mol. The van der Waals surface area contributed by atoms with Crippen LogP contribution < -0.4 is 5.32 Å². The van der Waals surface area contributed by atoms with Crippen LogP contribution in [0.25, 0.3) is 10.9 Å². The first kappa shape index (κ1) is 9.39. The molecule has 0 amide bonds. The summed E-state index contributed by atoms with van der Waals surface area (Å²) >= 11 is 0. The van der Waals surface area contributed by atoms with Crippen LogP contribution in [0.1, 0.15) is 0 Å². The van der Waals surface area contributed by atoms with Gasteiger partial charge in [-0.3, -0.25) is 10.1 Å². The highest BCUT2D eigenvalue weighted by molar-refractivity contribution is 5.95. The first-order valence-electron chi connectivity index (χ1n) is 4.44. The SMILES string of the molecule is CNc1c([N+](=O)[O-])cnc2ccccc12. The molecule has 15 heavy (non-hydrogen) atoms. The molecular formula is C10H9N3O2. The Morgan fingerprint density at radius 2 is 2.13 bits per heavy atom. The number of anilines is 1. The van der Waals surface area contributed by atoms with Crippen molar-refractivity contribution in [3.8, 4) is 0 Å². The predicted octanol–water partition coefficient (Wildman–Crippen LogP) is 2.18. The number of nitro groups is 1. The first-order valence-corrected chi connectivity index (χ1v) is 4.44. The van der Waals surface area contributed by atoms with E-state index < -0.39 is 4.92 Å². The van der Waals surface area contributed by atoms with Gasteiger partial charge in [0.25, 0.3) is 0 Å². The van der Waals surface area contributed by atoms with Gasteiger partial charge in [-0.05, 0) is 6.07 Å². The van der Waals surface area contributed by atoms with Crippen molar-refractivity contribution in [1.82, 2.24) is 4.98 Å². The van der Waals surface area contributed by atoms with Crippen LogP contribution in [0.5, 0.6) is 0 Å². The summed E-state index contributed by atoms with van der Waals surface area (Å²) in [7, 11) is 1.66. The zero-order valence-corrected chi connectivity index (χ0v) is 8.10. The van der Waals surface area contributed by atoms with E-state index in [4.69, 9.17) is 0 Å². The maximum atomic E-state index is 10.7. The second-order valence-corrected chi connectivity index (χ2v) is 3.04. The van der Waals surface area contributed by atoms with Crippen molar-refractivity contribution >= 4 is 22.3 Å². The Hall–Kier alpha value is -2.17. The van der Waals surface area contributed by atoms with Crippen LogP contribution in [0.2, 0.25) is 0 Å². The molecule has 76 valence electrons. The highest BCUT2D eigenvalue weighted by Crippen LogP contribution is 2.30. The third-order valence-electron chi connectivity index (χ3n) is 2.20. The number of pyridine rings is 1. The molecule has 5 heteroatoms. The Bertz CT molecular complexity index is 525. The van der Waals surface area contributed by atoms with Gasteiger partial charge in [0, 0.05) is 12.4 Å². The fourth-order valence-electron chi connectivity index (χ4n) is 1.53. The summed E-state index contributed by atoms with van der Waals surface area (Å²) < 4.78 is 0. The van der Waals surface area contributed by atoms with Crippen LogP contribution in [0.3, 0.4) is 0 Å². The number of nitrogens with one attached hydrogen (secondary N) is 1. The van der Waals surface area contributed by atoms with Gasteiger partial charge in [0.2, 0.25) is 0 Å². The molecule has 2 aromatic rings. The lowest BCUT2D eigenvalue weighted by Crippen LogP contribution is -1.98. The van der Waals surface area contributed by atoms with E-state index in [1.165, 1.54) is 6.20 Å². The Balaban J connectivity index is 2.81. The molecule has 0 radical (unpaired) electrons. The van der Waals surface area contributed by atoms with Crippen LogP contribution >= 0.6 is 0 Å². The quantitative estimate of drug-likeness (QED) is 0.600. The standard InChI is InChI=1S/C10H9N3O2/c1-11-10-7-4-2-3-5-8(7)12-6-9(10)13(14)15/h2-6H,1H3,(H,11,12). The van der Waals surface area contributed by atoms with Crippen LogP contribution in [-0.2, 0) is 0 Å². The minimum atomic E-state index is -0.439. The van der Waals surface area contributed by atoms with Gasteiger partial charge in [0.15, 0.2) is 0 Å². The molecule has 0 aliphatic heterocycles. The molecule has 0 unspecified atom stereocenters. The minimum absolute atomic E-state index is 0.00352. The largest absolute Gasteiger partial charge is 0.382 e. The zero-order chi connectivity index (χ0) is 10.8. The van der Waals surface area contributed by atoms with Crippen molar-refractivity contribution in [3.63, 3.8) is 0 Å². The van der Waals surface area contributed by atoms with Crippen molar-refractivity contribution in [2.45, 2.75) is 0 Å². The summed E-state index contributed by atoms with van der Waals surface area (Å²) in [6.07, 6.45) is 1.27. The number of nitrogens with zero attached hydrogens (tertiary/aromatic N) is 2. The second-order valence-electron chi connectivity index (χ2n) is 3.04. The van der Waals surface area contributed by atoms with E-state index in [-0.39, 0.29) is 5.69 Å². The Morgan fingerprint density at radius 1 is 1.40 bits per heavy atom. The molecule has 0 saturated carbocycles. The maximum absolute atomic E-state index is 10.7. The summed E-state index contributed by atoms with van der Waals surface area (Å²) in [5.41, 5.74) is 1.24. The molecule has 0 aliphatic rings. The number of rotatable bonds is 2. The molecule has 0 spiro atoms. The van der Waals surface area contributed by atoms with E-state index in [1.807, 2.05) is 18.2 Å². The van der Waals surface area contributed by atoms with Gasteiger partial charge in [0.1, 0.15) is 11.9 Å². The van der Waals surface area contributed by atoms with E-state index in [1.54, 1.807) is 13.1 Å². The Kier molecular flexibility index (Phi) is 2.21. The van der Waals surface area contributed by atoms with E-state index in [0.717, 1.165) is 10.9 Å². The molecule has 0 bridgehead atoms. The third-order valence-corrected chi connectivity index (χ3v) is 2.20. The molecule has 1 aromatic carbocycles. The number of para-hydroxylation sites is 1. The number of hydrogen-bond acceptors (Lipinski definition) is 4. The lowest BCUT2D eigenvalue weighted by atomic mass is 10.1. The molecule has 1 heterocycles. The van der Waals surface area contributed by atoms with Gasteiger partial charge < -0.3 is 5.32 Å².